The molecule has 0 spiro atoms. The summed E-state index contributed by atoms with van der Waals surface area (Å²) in [5.41, 5.74) is 0.985. The fourth-order valence-corrected chi connectivity index (χ4v) is 1.96. The maximum absolute atomic E-state index is 5.19. The zero-order valence-corrected chi connectivity index (χ0v) is 11.5. The van der Waals surface area contributed by atoms with E-state index in [1.54, 1.807) is 11.8 Å². The highest BCUT2D eigenvalue weighted by molar-refractivity contribution is 7.98. The number of hydrogen-bond donors (Lipinski definition) is 1. The largest absolute Gasteiger partial charge is 0.338 e. The SMILES string of the molecule is CCCNCc1nc(-c2ccc(SC)cc2)no1. The van der Waals surface area contributed by atoms with Gasteiger partial charge in [0.05, 0.1) is 6.54 Å². The standard InChI is InChI=1S/C13H17N3OS/c1-3-8-14-9-12-15-13(16-17-12)10-4-6-11(18-2)7-5-10/h4-7,14H,3,8-9H2,1-2H3. The smallest absolute Gasteiger partial charge is 0.240 e. The minimum Gasteiger partial charge on any atom is -0.338 e. The summed E-state index contributed by atoms with van der Waals surface area (Å²) in [5.74, 6) is 1.28. The van der Waals surface area contributed by atoms with Crippen LogP contribution in [0, 0.1) is 0 Å². The van der Waals surface area contributed by atoms with Crippen molar-refractivity contribution in [3.63, 3.8) is 0 Å². The molecule has 0 fully saturated rings. The van der Waals surface area contributed by atoms with Crippen molar-refractivity contribution < 1.29 is 4.52 Å². The van der Waals surface area contributed by atoms with Crippen molar-refractivity contribution in [3.8, 4) is 11.4 Å². The Morgan fingerprint density at radius 1 is 1.28 bits per heavy atom. The molecule has 0 aliphatic rings. The Morgan fingerprint density at radius 2 is 2.06 bits per heavy atom. The van der Waals surface area contributed by atoms with Gasteiger partial charge in [-0.2, -0.15) is 4.98 Å². The highest BCUT2D eigenvalue weighted by Crippen LogP contribution is 2.20. The first kappa shape index (κ1) is 13.1. The highest BCUT2D eigenvalue weighted by Gasteiger charge is 2.07. The zero-order chi connectivity index (χ0) is 12.8. The van der Waals surface area contributed by atoms with Gasteiger partial charge in [-0.1, -0.05) is 12.1 Å². The molecular formula is C13H17N3OS. The lowest BCUT2D eigenvalue weighted by Crippen LogP contribution is -2.13. The first-order chi connectivity index (χ1) is 8.83. The number of rotatable bonds is 6. The van der Waals surface area contributed by atoms with Gasteiger partial charge < -0.3 is 9.84 Å². The van der Waals surface area contributed by atoms with Gasteiger partial charge in [-0.05, 0) is 43.5 Å². The minimum atomic E-state index is 0.629. The Hall–Kier alpha value is -1.33. The predicted octanol–water partition coefficient (Wildman–Crippen LogP) is 2.96. The molecule has 4 nitrogen and oxygen atoms in total. The molecule has 0 saturated carbocycles. The van der Waals surface area contributed by atoms with E-state index in [4.69, 9.17) is 4.52 Å². The van der Waals surface area contributed by atoms with Crippen LogP contribution in [0.15, 0.2) is 33.7 Å². The second kappa shape index (κ2) is 6.56. The van der Waals surface area contributed by atoms with Crippen molar-refractivity contribution in [1.29, 1.82) is 0 Å². The van der Waals surface area contributed by atoms with Crippen LogP contribution in [0.3, 0.4) is 0 Å². The topological polar surface area (TPSA) is 51.0 Å². The Kier molecular flexibility index (Phi) is 4.78. The molecule has 0 atom stereocenters. The van der Waals surface area contributed by atoms with Gasteiger partial charge in [0.2, 0.25) is 11.7 Å². The lowest BCUT2D eigenvalue weighted by Gasteiger charge is -1.97. The van der Waals surface area contributed by atoms with Crippen LogP contribution in [0.4, 0.5) is 0 Å². The molecule has 1 aromatic heterocycles. The Morgan fingerprint density at radius 3 is 2.72 bits per heavy atom. The molecule has 0 bridgehead atoms. The Labute approximate surface area is 111 Å². The third-order valence-corrected chi connectivity index (χ3v) is 3.26. The summed E-state index contributed by atoms with van der Waals surface area (Å²) in [6.45, 7) is 3.71. The van der Waals surface area contributed by atoms with Gasteiger partial charge in [0.25, 0.3) is 0 Å². The average molecular weight is 263 g/mol. The van der Waals surface area contributed by atoms with Crippen molar-refractivity contribution in [1.82, 2.24) is 15.5 Å². The molecule has 96 valence electrons. The quantitative estimate of drug-likeness (QED) is 0.641. The number of nitrogens with one attached hydrogen (secondary N) is 1. The fourth-order valence-electron chi connectivity index (χ4n) is 1.56. The van der Waals surface area contributed by atoms with Gasteiger partial charge >= 0.3 is 0 Å². The van der Waals surface area contributed by atoms with Gasteiger partial charge in [-0.3, -0.25) is 0 Å². The van der Waals surface area contributed by atoms with E-state index < -0.39 is 0 Å². The molecule has 5 heteroatoms. The molecule has 0 amide bonds. The van der Waals surface area contributed by atoms with Crippen LogP contribution in [0.1, 0.15) is 19.2 Å². The second-order valence-corrected chi connectivity index (χ2v) is 4.80. The van der Waals surface area contributed by atoms with E-state index in [-0.39, 0.29) is 0 Å². The van der Waals surface area contributed by atoms with Crippen molar-refractivity contribution in [2.24, 2.45) is 0 Å². The highest BCUT2D eigenvalue weighted by atomic mass is 32.2. The number of thioether (sulfide) groups is 1. The normalized spacial score (nSPS) is 10.8. The summed E-state index contributed by atoms with van der Waals surface area (Å²) in [6, 6.07) is 8.15. The first-order valence-corrected chi connectivity index (χ1v) is 7.23. The third kappa shape index (κ3) is 3.34. The summed E-state index contributed by atoms with van der Waals surface area (Å²) in [4.78, 5) is 5.59. The minimum absolute atomic E-state index is 0.629. The molecule has 0 aliphatic heterocycles. The second-order valence-electron chi connectivity index (χ2n) is 3.92. The number of nitrogens with zero attached hydrogens (tertiary/aromatic N) is 2. The van der Waals surface area contributed by atoms with E-state index in [1.807, 2.05) is 12.1 Å². The molecule has 0 aliphatic carbocycles. The van der Waals surface area contributed by atoms with Crippen LogP contribution < -0.4 is 5.32 Å². The summed E-state index contributed by atoms with van der Waals surface area (Å²) in [7, 11) is 0. The van der Waals surface area contributed by atoms with Gasteiger partial charge in [-0.15, -0.1) is 11.8 Å². The summed E-state index contributed by atoms with van der Waals surface area (Å²) >= 11 is 1.72. The maximum Gasteiger partial charge on any atom is 0.240 e. The predicted molar refractivity (Wildman–Crippen MR) is 73.5 cm³/mol. The van der Waals surface area contributed by atoms with Gasteiger partial charge in [0.15, 0.2) is 0 Å². The summed E-state index contributed by atoms with van der Waals surface area (Å²) < 4.78 is 5.19. The van der Waals surface area contributed by atoms with E-state index in [0.717, 1.165) is 18.5 Å². The van der Waals surface area contributed by atoms with Crippen LogP contribution in [-0.2, 0) is 6.54 Å². The van der Waals surface area contributed by atoms with Crippen molar-refractivity contribution in [2.75, 3.05) is 12.8 Å². The van der Waals surface area contributed by atoms with Crippen LogP contribution in [-0.4, -0.2) is 22.9 Å². The monoisotopic (exact) mass is 263 g/mol. The lowest BCUT2D eigenvalue weighted by molar-refractivity contribution is 0.368. The van der Waals surface area contributed by atoms with Crippen LogP contribution in [0.5, 0.6) is 0 Å². The zero-order valence-electron chi connectivity index (χ0n) is 10.6. The molecule has 2 aromatic rings. The lowest BCUT2D eigenvalue weighted by atomic mass is 10.2. The maximum atomic E-state index is 5.19. The van der Waals surface area contributed by atoms with E-state index in [2.05, 4.69) is 40.8 Å². The summed E-state index contributed by atoms with van der Waals surface area (Å²) in [5, 5.41) is 7.22. The van der Waals surface area contributed by atoms with Crippen molar-refractivity contribution in [2.45, 2.75) is 24.8 Å². The third-order valence-electron chi connectivity index (χ3n) is 2.52. The van der Waals surface area contributed by atoms with Gasteiger partial charge in [-0.25, -0.2) is 0 Å². The molecular weight excluding hydrogens is 246 g/mol. The van der Waals surface area contributed by atoms with Crippen LogP contribution >= 0.6 is 11.8 Å². The van der Waals surface area contributed by atoms with E-state index in [9.17, 15) is 0 Å². The average Bonchev–Trinajstić information content (AvgIpc) is 2.88. The molecule has 1 heterocycles. The molecule has 18 heavy (non-hydrogen) atoms. The number of benzene rings is 1. The molecule has 0 saturated heterocycles. The fraction of sp³-hybridized carbons (Fsp3) is 0.385. The van der Waals surface area contributed by atoms with E-state index >= 15 is 0 Å². The van der Waals surface area contributed by atoms with E-state index in [1.165, 1.54) is 4.90 Å². The molecule has 1 aromatic carbocycles. The number of hydrogen-bond acceptors (Lipinski definition) is 5. The van der Waals surface area contributed by atoms with Gasteiger partial charge in [0, 0.05) is 10.5 Å². The molecule has 0 unspecified atom stereocenters. The van der Waals surface area contributed by atoms with Gasteiger partial charge in [0.1, 0.15) is 0 Å². The van der Waals surface area contributed by atoms with Crippen molar-refractivity contribution >= 4 is 11.8 Å². The first-order valence-electron chi connectivity index (χ1n) is 6.01. The van der Waals surface area contributed by atoms with Crippen LogP contribution in [0.25, 0.3) is 11.4 Å². The van der Waals surface area contributed by atoms with Crippen molar-refractivity contribution in [3.05, 3.63) is 30.2 Å². The van der Waals surface area contributed by atoms with Crippen LogP contribution in [0.2, 0.25) is 0 Å². The molecule has 0 radical (unpaired) electrons. The number of aromatic nitrogens is 2. The Bertz CT molecular complexity index is 481. The molecule has 2 rings (SSSR count). The summed E-state index contributed by atoms with van der Waals surface area (Å²) in [6.07, 6.45) is 3.15. The Balaban J connectivity index is 2.04. The molecule has 1 N–H and O–H groups in total. The van der Waals surface area contributed by atoms with E-state index in [0.29, 0.717) is 18.3 Å².